The summed E-state index contributed by atoms with van der Waals surface area (Å²) in [4.78, 5) is 0. The lowest BCUT2D eigenvalue weighted by molar-refractivity contribution is -0.222. The third kappa shape index (κ3) is 7.43. The topological polar surface area (TPSA) is 18.5 Å². The van der Waals surface area contributed by atoms with Crippen molar-refractivity contribution in [3.8, 4) is 5.75 Å². The van der Waals surface area contributed by atoms with Crippen molar-refractivity contribution in [1.82, 2.24) is 0 Å². The fraction of sp³-hybridized carbons (Fsp3) is 0.462. The van der Waals surface area contributed by atoms with Gasteiger partial charge in [0.05, 0.1) is 11.7 Å². The van der Waals surface area contributed by atoms with Crippen LogP contribution in [-0.2, 0) is 4.74 Å². The van der Waals surface area contributed by atoms with E-state index in [0.717, 1.165) is 32.1 Å². The molecule has 2 nitrogen and oxygen atoms in total. The smallest absolute Gasteiger partial charge is 0.421 e. The first-order chi connectivity index (χ1) is 17.4. The Hall–Kier alpha value is -2.69. The van der Waals surface area contributed by atoms with Gasteiger partial charge in [0.1, 0.15) is 17.4 Å². The third-order valence-electron chi connectivity index (χ3n) is 6.18. The summed E-state index contributed by atoms with van der Waals surface area (Å²) in [6.07, 6.45) is 1.76. The first-order valence-electron chi connectivity index (χ1n) is 11.8. The van der Waals surface area contributed by atoms with Crippen LogP contribution in [0.4, 0.5) is 39.5 Å². The molecule has 0 unspecified atom stereocenters. The molecule has 204 valence electrons. The van der Waals surface area contributed by atoms with Gasteiger partial charge in [-0.2, -0.15) is 8.78 Å². The molecule has 0 bridgehead atoms. The molecule has 1 saturated carbocycles. The van der Waals surface area contributed by atoms with Crippen LogP contribution in [0.5, 0.6) is 5.75 Å². The molecule has 3 rings (SSSR count). The summed E-state index contributed by atoms with van der Waals surface area (Å²) in [7, 11) is 0. The Labute approximate surface area is 208 Å². The summed E-state index contributed by atoms with van der Waals surface area (Å²) in [5.74, 6) is -14.2. The van der Waals surface area contributed by atoms with Gasteiger partial charge in [-0.1, -0.05) is 26.2 Å². The molecular formula is C26H25F9O2. The summed E-state index contributed by atoms with van der Waals surface area (Å²) >= 11 is 0. The van der Waals surface area contributed by atoms with Crippen LogP contribution in [0.3, 0.4) is 0 Å². The maximum Gasteiger partial charge on any atom is 0.421 e. The first kappa shape index (κ1) is 28.9. The number of unbranched alkanes of at least 4 members (excludes halogenated alkanes) is 1. The van der Waals surface area contributed by atoms with E-state index < -0.39 is 76.4 Å². The van der Waals surface area contributed by atoms with E-state index in [1.165, 1.54) is 0 Å². The minimum atomic E-state index is -3.98. The molecule has 1 aliphatic carbocycles. The second kappa shape index (κ2) is 12.2. The monoisotopic (exact) mass is 540 g/mol. The minimum absolute atomic E-state index is 0.0822. The molecule has 0 amide bonds. The molecule has 0 aliphatic heterocycles. The van der Waals surface area contributed by atoms with Crippen molar-refractivity contribution < 1.29 is 49.0 Å². The summed E-state index contributed by atoms with van der Waals surface area (Å²) in [6, 6.07) is 0.561. The summed E-state index contributed by atoms with van der Waals surface area (Å²) in [6.45, 7) is 0.902. The largest absolute Gasteiger partial charge is 0.431 e. The normalized spacial score (nSPS) is 19.1. The molecular weight excluding hydrogens is 515 g/mol. The Morgan fingerprint density at radius 1 is 0.838 bits per heavy atom. The average Bonchev–Trinajstić information content (AvgIpc) is 2.83. The molecule has 11 heteroatoms. The second-order valence-corrected chi connectivity index (χ2v) is 8.98. The van der Waals surface area contributed by atoms with E-state index in [2.05, 4.69) is 11.7 Å². The van der Waals surface area contributed by atoms with E-state index in [-0.39, 0.29) is 24.3 Å². The molecule has 2 aromatic carbocycles. The number of hydrogen-bond donors (Lipinski definition) is 0. The average molecular weight is 540 g/mol. The molecule has 0 spiro atoms. The van der Waals surface area contributed by atoms with Gasteiger partial charge in [0.25, 0.3) is 0 Å². The third-order valence-corrected chi connectivity index (χ3v) is 6.18. The first-order valence-corrected chi connectivity index (χ1v) is 11.8. The molecule has 1 fully saturated rings. The number of hydrogen-bond acceptors (Lipinski definition) is 2. The van der Waals surface area contributed by atoms with E-state index in [1.54, 1.807) is 0 Å². The van der Waals surface area contributed by atoms with E-state index in [9.17, 15) is 39.5 Å². The fourth-order valence-corrected chi connectivity index (χ4v) is 4.23. The Bertz CT molecular complexity index is 1080. The maximum atomic E-state index is 14.5. The van der Waals surface area contributed by atoms with Gasteiger partial charge in [0.15, 0.2) is 35.7 Å². The van der Waals surface area contributed by atoms with E-state index in [0.29, 0.717) is 18.8 Å². The van der Waals surface area contributed by atoms with Crippen molar-refractivity contribution >= 4 is 11.7 Å². The molecule has 37 heavy (non-hydrogen) atoms. The lowest BCUT2D eigenvalue weighted by atomic mass is 9.84. The second-order valence-electron chi connectivity index (χ2n) is 8.98. The van der Waals surface area contributed by atoms with Gasteiger partial charge in [0, 0.05) is 17.7 Å². The van der Waals surface area contributed by atoms with Crippen LogP contribution >= 0.6 is 0 Å². The lowest BCUT2D eigenvalue weighted by Gasteiger charge is -2.29. The highest BCUT2D eigenvalue weighted by molar-refractivity contribution is 5.83. The van der Waals surface area contributed by atoms with Crippen molar-refractivity contribution in [1.29, 1.82) is 0 Å². The van der Waals surface area contributed by atoms with Crippen LogP contribution in [0, 0.1) is 35.0 Å². The standard InChI is InChI=1S/C26H25F9O2/c1-2-3-4-14-5-7-16(8-6-14)36-13-26(34,35)37-17-11-18(27)22(19(28)12-17)25(33)23(31)15-9-20(29)24(32)21(30)10-15/h9-12,14,16H,2-8,13H2,1H3/b25-23+. The van der Waals surface area contributed by atoms with Crippen molar-refractivity contribution in [3.05, 3.63) is 64.5 Å². The SMILES string of the molecule is CCCCC1CCC(OCC(F)(F)Oc2cc(F)c(/C(F)=C(\F)c3cc(F)c(F)c(F)c3)c(F)c2)CC1. The van der Waals surface area contributed by atoms with Crippen molar-refractivity contribution in [3.63, 3.8) is 0 Å². The summed E-state index contributed by atoms with van der Waals surface area (Å²) in [5.41, 5.74) is -2.80. The number of ether oxygens (including phenoxy) is 2. The summed E-state index contributed by atoms with van der Waals surface area (Å²) < 4.78 is 135. The maximum absolute atomic E-state index is 14.5. The Balaban J connectivity index is 1.68. The highest BCUT2D eigenvalue weighted by Gasteiger charge is 2.35. The van der Waals surface area contributed by atoms with Gasteiger partial charge in [-0.05, 0) is 43.7 Å². The van der Waals surface area contributed by atoms with Gasteiger partial charge >= 0.3 is 6.11 Å². The molecule has 0 heterocycles. The van der Waals surface area contributed by atoms with Crippen LogP contribution < -0.4 is 4.74 Å². The van der Waals surface area contributed by atoms with Gasteiger partial charge in [-0.25, -0.2) is 30.7 Å². The zero-order valence-electron chi connectivity index (χ0n) is 19.8. The Morgan fingerprint density at radius 2 is 1.41 bits per heavy atom. The van der Waals surface area contributed by atoms with Crippen molar-refractivity contribution in [2.75, 3.05) is 6.61 Å². The number of alkyl halides is 2. The summed E-state index contributed by atoms with van der Waals surface area (Å²) in [5, 5.41) is 0. The number of rotatable bonds is 10. The lowest BCUT2D eigenvalue weighted by Crippen LogP contribution is -2.34. The van der Waals surface area contributed by atoms with Crippen LogP contribution in [0.2, 0.25) is 0 Å². The number of benzene rings is 2. The predicted octanol–water partition coefficient (Wildman–Crippen LogP) is 8.88. The molecule has 0 atom stereocenters. The highest BCUT2D eigenvalue weighted by Crippen LogP contribution is 2.36. The molecule has 0 radical (unpaired) electrons. The Morgan fingerprint density at radius 3 is 1.95 bits per heavy atom. The molecule has 0 N–H and O–H groups in total. The molecule has 2 aromatic rings. The zero-order chi connectivity index (χ0) is 27.3. The van der Waals surface area contributed by atoms with Crippen molar-refractivity contribution in [2.45, 2.75) is 64.1 Å². The van der Waals surface area contributed by atoms with Crippen molar-refractivity contribution in [2.24, 2.45) is 5.92 Å². The Kier molecular flexibility index (Phi) is 9.55. The van der Waals surface area contributed by atoms with E-state index in [1.807, 2.05) is 0 Å². The van der Waals surface area contributed by atoms with Crippen LogP contribution in [0.1, 0.15) is 63.0 Å². The van der Waals surface area contributed by atoms with Gasteiger partial charge < -0.3 is 9.47 Å². The fourth-order valence-electron chi connectivity index (χ4n) is 4.23. The highest BCUT2D eigenvalue weighted by atomic mass is 19.3. The minimum Gasteiger partial charge on any atom is -0.431 e. The van der Waals surface area contributed by atoms with Gasteiger partial charge in [-0.15, -0.1) is 0 Å². The van der Waals surface area contributed by atoms with Crippen LogP contribution in [0.25, 0.3) is 11.7 Å². The molecule has 0 saturated heterocycles. The zero-order valence-corrected chi connectivity index (χ0v) is 19.8. The molecule has 1 aliphatic rings. The van der Waals surface area contributed by atoms with Crippen LogP contribution in [-0.4, -0.2) is 18.8 Å². The number of halogens is 9. The van der Waals surface area contributed by atoms with Gasteiger partial charge in [-0.3, -0.25) is 0 Å². The van der Waals surface area contributed by atoms with Crippen LogP contribution in [0.15, 0.2) is 24.3 Å². The predicted molar refractivity (Wildman–Crippen MR) is 119 cm³/mol. The molecule has 0 aromatic heterocycles. The quantitative estimate of drug-likeness (QED) is 0.170. The van der Waals surface area contributed by atoms with E-state index >= 15 is 0 Å². The van der Waals surface area contributed by atoms with Gasteiger partial charge in [0.2, 0.25) is 0 Å². The van der Waals surface area contributed by atoms with E-state index in [4.69, 9.17) is 4.74 Å².